The smallest absolute Gasteiger partial charge is 0.319 e. The minimum absolute atomic E-state index is 0. The van der Waals surface area contributed by atoms with E-state index < -0.39 is 18.9 Å². The Morgan fingerprint density at radius 1 is 1.12 bits per heavy atom. The van der Waals surface area contributed by atoms with Crippen LogP contribution in [0, 0.1) is 0 Å². The van der Waals surface area contributed by atoms with Crippen LogP contribution in [0.3, 0.4) is 0 Å². The summed E-state index contributed by atoms with van der Waals surface area (Å²) in [5.41, 5.74) is 6.43. The molecule has 24 heavy (non-hydrogen) atoms. The fraction of sp³-hybridized carbons (Fsp3) is 0.500. The lowest BCUT2D eigenvalue weighted by Crippen LogP contribution is -2.52. The number of hydrogen-bond acceptors (Lipinski definition) is 3. The number of rotatable bonds is 4. The highest BCUT2D eigenvalue weighted by Crippen LogP contribution is 2.24. The monoisotopic (exact) mass is 391 g/mol. The van der Waals surface area contributed by atoms with Gasteiger partial charge in [0.15, 0.2) is 0 Å². The summed E-state index contributed by atoms with van der Waals surface area (Å²) in [5.74, 6) is -4.31. The summed E-state index contributed by atoms with van der Waals surface area (Å²) in [4.78, 5) is 15.0. The number of benzene rings is 1. The summed E-state index contributed by atoms with van der Waals surface area (Å²) >= 11 is 0. The first kappa shape index (κ1) is 22.8. The largest absolute Gasteiger partial charge is 0.398 e. The number of amides is 1. The van der Waals surface area contributed by atoms with Crippen molar-refractivity contribution in [1.82, 2.24) is 9.80 Å². The van der Waals surface area contributed by atoms with Gasteiger partial charge in [-0.2, -0.15) is 8.78 Å². The van der Waals surface area contributed by atoms with Gasteiger partial charge in [0.2, 0.25) is 0 Å². The average Bonchev–Trinajstić information content (AvgIpc) is 2.47. The lowest BCUT2D eigenvalue weighted by Gasteiger charge is -2.36. The zero-order chi connectivity index (χ0) is 16.3. The second kappa shape index (κ2) is 9.29. The molecule has 1 aromatic carbocycles. The van der Waals surface area contributed by atoms with E-state index >= 15 is 0 Å². The Morgan fingerprint density at radius 2 is 1.67 bits per heavy atom. The van der Waals surface area contributed by atoms with Gasteiger partial charge in [0.05, 0.1) is 12.1 Å². The number of piperazine rings is 1. The molecule has 2 rings (SSSR count). The van der Waals surface area contributed by atoms with Crippen LogP contribution in [0.4, 0.5) is 23.2 Å². The molecule has 1 aliphatic heterocycles. The maximum absolute atomic E-state index is 13.0. The fourth-order valence-electron chi connectivity index (χ4n) is 2.34. The number of hydrogen-bond donors (Lipinski definition) is 1. The van der Waals surface area contributed by atoms with Crippen LogP contribution in [0.5, 0.6) is 0 Å². The number of para-hydroxylation sites is 1. The first-order chi connectivity index (χ1) is 10.3. The third kappa shape index (κ3) is 5.39. The number of nitrogen functional groups attached to an aromatic ring is 1. The van der Waals surface area contributed by atoms with Gasteiger partial charge in [0, 0.05) is 31.9 Å². The van der Waals surface area contributed by atoms with Gasteiger partial charge in [0.25, 0.3) is 5.91 Å². The second-order valence-corrected chi connectivity index (χ2v) is 5.22. The first-order valence-electron chi connectivity index (χ1n) is 6.83. The number of nitrogens with zero attached hydrogens (tertiary/aromatic N) is 2. The molecule has 0 spiro atoms. The highest BCUT2D eigenvalue weighted by atomic mass is 35.5. The molecule has 0 aliphatic carbocycles. The van der Waals surface area contributed by atoms with E-state index in [1.807, 2.05) is 0 Å². The van der Waals surface area contributed by atoms with Crippen molar-refractivity contribution >= 4 is 36.4 Å². The number of carbonyl (C=O) groups is 1. The molecule has 1 amide bonds. The topological polar surface area (TPSA) is 49.6 Å². The summed E-state index contributed by atoms with van der Waals surface area (Å²) in [5, 5.41) is 0. The Bertz CT molecular complexity index is 541. The molecule has 0 aromatic heterocycles. The van der Waals surface area contributed by atoms with Crippen molar-refractivity contribution in [2.24, 2.45) is 0 Å². The Labute approximate surface area is 149 Å². The third-order valence-electron chi connectivity index (χ3n) is 3.60. The molecule has 0 bridgehead atoms. The van der Waals surface area contributed by atoms with Crippen LogP contribution >= 0.6 is 24.8 Å². The maximum Gasteiger partial charge on any atom is 0.319 e. The summed E-state index contributed by atoms with van der Waals surface area (Å²) < 4.78 is 50.4. The molecule has 4 nitrogen and oxygen atoms in total. The summed E-state index contributed by atoms with van der Waals surface area (Å²) in [6, 6.07) is 6.58. The van der Waals surface area contributed by atoms with Crippen molar-refractivity contribution in [3.8, 4) is 0 Å². The highest BCUT2D eigenvalue weighted by Gasteiger charge is 2.42. The Morgan fingerprint density at radius 3 is 2.17 bits per heavy atom. The number of nitrogens with two attached hydrogens (primary N) is 1. The molecule has 2 N–H and O–H groups in total. The van der Waals surface area contributed by atoms with Gasteiger partial charge in [-0.25, -0.2) is 8.78 Å². The predicted molar refractivity (Wildman–Crippen MR) is 88.6 cm³/mol. The summed E-state index contributed by atoms with van der Waals surface area (Å²) in [7, 11) is 0. The number of halogens is 6. The van der Waals surface area contributed by atoms with Crippen LogP contribution in [0.25, 0.3) is 0 Å². The lowest BCUT2D eigenvalue weighted by molar-refractivity contribution is -0.144. The zero-order valence-corrected chi connectivity index (χ0v) is 14.3. The molecule has 1 heterocycles. The van der Waals surface area contributed by atoms with Crippen molar-refractivity contribution in [3.63, 3.8) is 0 Å². The number of anilines is 1. The van der Waals surface area contributed by atoms with Gasteiger partial charge in [-0.15, -0.1) is 24.8 Å². The van der Waals surface area contributed by atoms with E-state index in [0.717, 1.165) is 0 Å². The molecular formula is C14H19Cl2F4N3O. The zero-order valence-electron chi connectivity index (χ0n) is 12.6. The molecule has 10 heteroatoms. The molecular weight excluding hydrogens is 373 g/mol. The molecule has 1 fully saturated rings. The van der Waals surface area contributed by atoms with Crippen molar-refractivity contribution in [1.29, 1.82) is 0 Å². The number of carbonyl (C=O) groups excluding carboxylic acids is 1. The molecule has 1 aromatic rings. The summed E-state index contributed by atoms with van der Waals surface area (Å²) in [6.45, 7) is -0.347. The Kier molecular flexibility index (Phi) is 8.81. The van der Waals surface area contributed by atoms with Gasteiger partial charge in [-0.3, -0.25) is 9.69 Å². The van der Waals surface area contributed by atoms with E-state index in [2.05, 4.69) is 0 Å². The maximum atomic E-state index is 13.0. The molecule has 0 radical (unpaired) electrons. The van der Waals surface area contributed by atoms with Crippen LogP contribution in [-0.2, 0) is 0 Å². The Hall–Kier alpha value is -1.25. The van der Waals surface area contributed by atoms with Crippen LogP contribution in [0.15, 0.2) is 24.3 Å². The lowest BCUT2D eigenvalue weighted by atomic mass is 10.1. The molecule has 0 saturated carbocycles. The predicted octanol–water partition coefficient (Wildman–Crippen LogP) is 2.77. The second-order valence-electron chi connectivity index (χ2n) is 5.22. The summed E-state index contributed by atoms with van der Waals surface area (Å²) in [6.07, 6.45) is -3.68. The van der Waals surface area contributed by atoms with Gasteiger partial charge in [0.1, 0.15) is 0 Å². The molecule has 1 saturated heterocycles. The average molecular weight is 392 g/mol. The molecule has 138 valence electrons. The van der Waals surface area contributed by atoms with Crippen molar-refractivity contribution in [2.75, 3.05) is 38.5 Å². The van der Waals surface area contributed by atoms with E-state index in [0.29, 0.717) is 11.3 Å². The van der Waals surface area contributed by atoms with E-state index in [9.17, 15) is 22.4 Å². The minimum Gasteiger partial charge on any atom is -0.398 e. The fourth-order valence-corrected chi connectivity index (χ4v) is 2.34. The number of alkyl halides is 4. The molecule has 0 atom stereocenters. The highest BCUT2D eigenvalue weighted by molar-refractivity contribution is 5.99. The molecule has 0 unspecified atom stereocenters. The van der Waals surface area contributed by atoms with Crippen molar-refractivity contribution in [3.05, 3.63) is 29.8 Å². The van der Waals surface area contributed by atoms with Crippen molar-refractivity contribution < 1.29 is 22.4 Å². The van der Waals surface area contributed by atoms with Crippen LogP contribution < -0.4 is 5.73 Å². The molecule has 1 aliphatic rings. The van der Waals surface area contributed by atoms with Gasteiger partial charge in [-0.05, 0) is 12.1 Å². The van der Waals surface area contributed by atoms with Crippen molar-refractivity contribution in [2.45, 2.75) is 12.3 Å². The van der Waals surface area contributed by atoms with Crippen LogP contribution in [0.1, 0.15) is 10.4 Å². The van der Waals surface area contributed by atoms with E-state index in [-0.39, 0.29) is 56.9 Å². The third-order valence-corrected chi connectivity index (χ3v) is 3.60. The van der Waals surface area contributed by atoms with Gasteiger partial charge >= 0.3 is 12.3 Å². The van der Waals surface area contributed by atoms with E-state index in [1.165, 1.54) is 9.80 Å². The van der Waals surface area contributed by atoms with E-state index in [1.54, 1.807) is 24.3 Å². The van der Waals surface area contributed by atoms with Gasteiger partial charge in [-0.1, -0.05) is 12.1 Å². The quantitative estimate of drug-likeness (QED) is 0.634. The standard InChI is InChI=1S/C14H17F4N3O.2ClH/c15-13(16)14(17,18)9-20-5-7-21(8-6-20)12(22)10-3-1-2-4-11(10)19;;/h1-4,13H,5-9,19H2;2*1H. The Balaban J connectivity index is 0.00000264. The normalized spacial score (nSPS) is 15.6. The van der Waals surface area contributed by atoms with E-state index in [4.69, 9.17) is 5.73 Å². The minimum atomic E-state index is -4.03. The first-order valence-corrected chi connectivity index (χ1v) is 6.83. The van der Waals surface area contributed by atoms with Crippen LogP contribution in [-0.4, -0.2) is 60.8 Å². The van der Waals surface area contributed by atoms with Crippen LogP contribution in [0.2, 0.25) is 0 Å². The van der Waals surface area contributed by atoms with Gasteiger partial charge < -0.3 is 10.6 Å². The SMILES string of the molecule is Cl.Cl.Nc1ccccc1C(=O)N1CCN(CC(F)(F)C(F)F)CC1.